The summed E-state index contributed by atoms with van der Waals surface area (Å²) in [6.45, 7) is 2.76. The van der Waals surface area contributed by atoms with E-state index >= 15 is 0 Å². The van der Waals surface area contributed by atoms with Crippen molar-refractivity contribution in [2.24, 2.45) is 16.5 Å². The minimum absolute atomic E-state index is 0.0936. The van der Waals surface area contributed by atoms with Crippen molar-refractivity contribution in [3.63, 3.8) is 0 Å². The molecule has 12 nitrogen and oxygen atoms in total. The molecule has 0 radical (unpaired) electrons. The van der Waals surface area contributed by atoms with Gasteiger partial charge in [-0.2, -0.15) is 0 Å². The van der Waals surface area contributed by atoms with Gasteiger partial charge in [0.05, 0.1) is 6.61 Å². The quantitative estimate of drug-likeness (QED) is 0.135. The number of nitrogens with zero attached hydrogens (tertiary/aromatic N) is 2. The molecule has 0 spiro atoms. The van der Waals surface area contributed by atoms with Crippen LogP contribution in [0.4, 0.5) is 4.79 Å². The van der Waals surface area contributed by atoms with Crippen molar-refractivity contribution in [1.82, 2.24) is 15.5 Å². The number of benzene rings is 1. The van der Waals surface area contributed by atoms with Crippen LogP contribution in [0.1, 0.15) is 51.0 Å². The zero-order valence-corrected chi connectivity index (χ0v) is 21.2. The number of rotatable bonds is 14. The topological polar surface area (TPSA) is 189 Å². The number of carbonyl (C=O) groups excluding carboxylic acids is 3. The van der Waals surface area contributed by atoms with Gasteiger partial charge in [-0.15, -0.1) is 0 Å². The van der Waals surface area contributed by atoms with Gasteiger partial charge in [0, 0.05) is 19.5 Å². The van der Waals surface area contributed by atoms with E-state index < -0.39 is 42.0 Å². The van der Waals surface area contributed by atoms with Crippen LogP contribution in [0.3, 0.4) is 0 Å². The zero-order chi connectivity index (χ0) is 27.2. The lowest BCUT2D eigenvalue weighted by molar-refractivity contribution is -0.144. The van der Waals surface area contributed by atoms with Crippen molar-refractivity contribution in [2.75, 3.05) is 19.7 Å². The van der Waals surface area contributed by atoms with E-state index in [4.69, 9.17) is 16.2 Å². The van der Waals surface area contributed by atoms with Gasteiger partial charge in [0.15, 0.2) is 5.96 Å². The third kappa shape index (κ3) is 9.98. The predicted molar refractivity (Wildman–Crippen MR) is 138 cm³/mol. The lowest BCUT2D eigenvalue weighted by Crippen LogP contribution is -2.55. The number of carboxylic acid groups (broad SMARTS) is 1. The van der Waals surface area contributed by atoms with Gasteiger partial charge >= 0.3 is 12.1 Å². The van der Waals surface area contributed by atoms with Crippen molar-refractivity contribution in [2.45, 2.75) is 70.0 Å². The summed E-state index contributed by atoms with van der Waals surface area (Å²) in [4.78, 5) is 55.9. The van der Waals surface area contributed by atoms with Crippen LogP contribution in [0, 0.1) is 0 Å². The molecule has 1 aromatic carbocycles. The molecule has 2 rings (SSSR count). The average molecular weight is 519 g/mol. The number of ether oxygens (including phenoxy) is 1. The van der Waals surface area contributed by atoms with E-state index in [0.29, 0.717) is 32.2 Å². The lowest BCUT2D eigenvalue weighted by atomic mass is 10.0. The Bertz CT molecular complexity index is 937. The SMILES string of the molecule is CCCCOC(=O)NC(Cc1ccccc1)C(=O)N1CCCC1C(=O)NC(CCCN=C(N)N)C(=O)O. The molecule has 0 bridgehead atoms. The number of guanidine groups is 1. The van der Waals surface area contributed by atoms with Gasteiger partial charge in [-0.1, -0.05) is 43.7 Å². The molecule has 1 fully saturated rings. The highest BCUT2D eigenvalue weighted by Crippen LogP contribution is 2.20. The van der Waals surface area contributed by atoms with E-state index in [9.17, 15) is 24.3 Å². The van der Waals surface area contributed by atoms with E-state index in [-0.39, 0.29) is 32.0 Å². The predicted octanol–water partition coefficient (Wildman–Crippen LogP) is 0.738. The second-order valence-corrected chi connectivity index (χ2v) is 8.91. The molecule has 1 aliphatic rings. The summed E-state index contributed by atoms with van der Waals surface area (Å²) in [6.07, 6.45) is 2.52. The van der Waals surface area contributed by atoms with Crippen molar-refractivity contribution in [3.8, 4) is 0 Å². The number of aliphatic carboxylic acids is 1. The fourth-order valence-electron chi connectivity index (χ4n) is 4.08. The summed E-state index contributed by atoms with van der Waals surface area (Å²) in [6, 6.07) is 6.28. The molecular weight excluding hydrogens is 480 g/mol. The average Bonchev–Trinajstić information content (AvgIpc) is 3.35. The van der Waals surface area contributed by atoms with Crippen molar-refractivity contribution >= 4 is 29.8 Å². The number of unbranched alkanes of at least 4 members (excludes halogenated alkanes) is 1. The fourth-order valence-corrected chi connectivity index (χ4v) is 4.08. The van der Waals surface area contributed by atoms with Crippen molar-refractivity contribution in [3.05, 3.63) is 35.9 Å². The molecular formula is C25H38N6O6. The van der Waals surface area contributed by atoms with Crippen LogP contribution in [-0.4, -0.2) is 77.7 Å². The minimum Gasteiger partial charge on any atom is -0.480 e. The van der Waals surface area contributed by atoms with Crippen LogP contribution in [0.25, 0.3) is 0 Å². The van der Waals surface area contributed by atoms with Gasteiger partial charge in [0.1, 0.15) is 18.1 Å². The molecule has 1 aromatic rings. The van der Waals surface area contributed by atoms with Crippen LogP contribution in [-0.2, 0) is 25.5 Å². The van der Waals surface area contributed by atoms with Gasteiger partial charge in [-0.05, 0) is 37.7 Å². The Kier molecular flexibility index (Phi) is 12.2. The molecule has 0 aromatic heterocycles. The molecule has 3 atom stereocenters. The van der Waals surface area contributed by atoms with Crippen LogP contribution < -0.4 is 22.1 Å². The molecule has 1 saturated heterocycles. The number of hydrogen-bond donors (Lipinski definition) is 5. The van der Waals surface area contributed by atoms with Crippen molar-refractivity contribution < 1.29 is 29.0 Å². The van der Waals surface area contributed by atoms with E-state index in [1.807, 2.05) is 37.3 Å². The number of nitrogens with one attached hydrogen (secondary N) is 2. The number of carbonyl (C=O) groups is 4. The van der Waals surface area contributed by atoms with Crippen molar-refractivity contribution in [1.29, 1.82) is 0 Å². The normalized spacial score (nSPS) is 16.4. The van der Waals surface area contributed by atoms with E-state index in [1.165, 1.54) is 4.90 Å². The molecule has 0 aliphatic carbocycles. The Morgan fingerprint density at radius 2 is 1.86 bits per heavy atom. The Balaban J connectivity index is 2.10. The van der Waals surface area contributed by atoms with Gasteiger partial charge in [-0.25, -0.2) is 9.59 Å². The van der Waals surface area contributed by atoms with Gasteiger partial charge in [0.25, 0.3) is 0 Å². The first-order valence-electron chi connectivity index (χ1n) is 12.6. The third-order valence-corrected chi connectivity index (χ3v) is 6.00. The summed E-state index contributed by atoms with van der Waals surface area (Å²) in [5.74, 6) is -2.26. The zero-order valence-electron chi connectivity index (χ0n) is 21.2. The highest BCUT2D eigenvalue weighted by molar-refractivity contribution is 5.93. The van der Waals surface area contributed by atoms with E-state index in [2.05, 4.69) is 15.6 Å². The first-order valence-corrected chi connectivity index (χ1v) is 12.6. The maximum atomic E-state index is 13.5. The summed E-state index contributed by atoms with van der Waals surface area (Å²) >= 11 is 0. The van der Waals surface area contributed by atoms with Gasteiger partial charge in [0.2, 0.25) is 11.8 Å². The van der Waals surface area contributed by atoms with Gasteiger partial charge in [-0.3, -0.25) is 14.6 Å². The first kappa shape index (κ1) is 29.4. The van der Waals surface area contributed by atoms with E-state index in [1.54, 1.807) is 0 Å². The summed E-state index contributed by atoms with van der Waals surface area (Å²) in [5, 5.41) is 14.7. The summed E-state index contributed by atoms with van der Waals surface area (Å²) in [7, 11) is 0. The highest BCUT2D eigenvalue weighted by atomic mass is 16.5. The Morgan fingerprint density at radius 3 is 2.51 bits per heavy atom. The number of aliphatic imine (C=N–C) groups is 1. The summed E-state index contributed by atoms with van der Waals surface area (Å²) < 4.78 is 5.19. The smallest absolute Gasteiger partial charge is 0.407 e. The molecule has 3 amide bonds. The lowest BCUT2D eigenvalue weighted by Gasteiger charge is -2.29. The van der Waals surface area contributed by atoms with E-state index in [0.717, 1.165) is 12.0 Å². The monoisotopic (exact) mass is 518 g/mol. The number of nitrogens with two attached hydrogens (primary N) is 2. The molecule has 1 aliphatic heterocycles. The molecule has 37 heavy (non-hydrogen) atoms. The molecule has 0 saturated carbocycles. The largest absolute Gasteiger partial charge is 0.480 e. The van der Waals surface area contributed by atoms with Crippen LogP contribution in [0.5, 0.6) is 0 Å². The first-order chi connectivity index (χ1) is 17.7. The molecule has 12 heteroatoms. The Morgan fingerprint density at radius 1 is 1.14 bits per heavy atom. The second-order valence-electron chi connectivity index (χ2n) is 8.91. The molecule has 204 valence electrons. The maximum Gasteiger partial charge on any atom is 0.407 e. The number of hydrogen-bond acceptors (Lipinski definition) is 6. The molecule has 7 N–H and O–H groups in total. The fraction of sp³-hybridized carbons (Fsp3) is 0.560. The van der Waals surface area contributed by atoms with Crippen LogP contribution >= 0.6 is 0 Å². The van der Waals surface area contributed by atoms with Crippen LogP contribution in [0.2, 0.25) is 0 Å². The Hall–Kier alpha value is -3.83. The molecule has 3 unspecified atom stereocenters. The number of carboxylic acids is 1. The Labute approximate surface area is 216 Å². The number of likely N-dealkylation sites (tertiary alicyclic amines) is 1. The standard InChI is InChI=1S/C25H38N6O6/c1-2-3-15-37-25(36)30-19(16-17-9-5-4-6-10-17)22(33)31-14-8-12-20(31)21(32)29-18(23(34)35)11-7-13-28-24(26)27/h4-6,9-10,18-20H,2-3,7-8,11-16H2,1H3,(H,29,32)(H,30,36)(H,34,35)(H4,26,27,28). The molecule has 1 heterocycles. The van der Waals surface area contributed by atoms with Gasteiger partial charge < -0.3 is 36.8 Å². The van der Waals surface area contributed by atoms with Crippen LogP contribution in [0.15, 0.2) is 35.3 Å². The number of alkyl carbamates (subject to hydrolysis) is 1. The minimum atomic E-state index is -1.19. The maximum absolute atomic E-state index is 13.5. The number of amides is 3. The second kappa shape index (κ2) is 15.3. The highest BCUT2D eigenvalue weighted by Gasteiger charge is 2.39. The summed E-state index contributed by atoms with van der Waals surface area (Å²) in [5.41, 5.74) is 11.4. The third-order valence-electron chi connectivity index (χ3n) is 6.00.